The van der Waals surface area contributed by atoms with Gasteiger partial charge < -0.3 is 16.0 Å². The monoisotopic (exact) mass is 269 g/mol. The number of nitrogens with one attached hydrogen (secondary N) is 1. The molecule has 1 aromatic carbocycles. The Morgan fingerprint density at radius 2 is 1.95 bits per heavy atom. The highest BCUT2D eigenvalue weighted by atomic mass is 15.2. The zero-order valence-electron chi connectivity index (χ0n) is 12.3. The van der Waals surface area contributed by atoms with E-state index in [0.717, 1.165) is 18.8 Å². The highest BCUT2D eigenvalue weighted by Crippen LogP contribution is 2.37. The summed E-state index contributed by atoms with van der Waals surface area (Å²) in [6.07, 6.45) is 7.06. The summed E-state index contributed by atoms with van der Waals surface area (Å²) in [7, 11) is 2.08. The summed E-state index contributed by atoms with van der Waals surface area (Å²) < 4.78 is 0. The van der Waals surface area contributed by atoms with Crippen LogP contribution in [0.25, 0.3) is 5.57 Å². The molecule has 1 aliphatic heterocycles. The lowest BCUT2D eigenvalue weighted by atomic mass is 9.99. The van der Waals surface area contributed by atoms with Crippen molar-refractivity contribution in [1.29, 1.82) is 0 Å². The highest BCUT2D eigenvalue weighted by molar-refractivity contribution is 5.77. The van der Waals surface area contributed by atoms with Crippen LogP contribution in [0.1, 0.15) is 25.3 Å². The molecule has 3 N–H and O–H groups in total. The molecule has 3 rings (SSSR count). The first-order chi connectivity index (χ1) is 9.63. The third-order valence-electron chi connectivity index (χ3n) is 4.57. The Labute approximate surface area is 121 Å². The van der Waals surface area contributed by atoms with E-state index in [4.69, 9.17) is 5.73 Å². The van der Waals surface area contributed by atoms with Crippen LogP contribution in [-0.4, -0.2) is 30.6 Å². The van der Waals surface area contributed by atoms with E-state index >= 15 is 0 Å². The molecular formula is C17H23N3. The van der Waals surface area contributed by atoms with Gasteiger partial charge >= 0.3 is 0 Å². The van der Waals surface area contributed by atoms with E-state index in [-0.39, 0.29) is 0 Å². The molecule has 1 aromatic rings. The molecule has 1 aliphatic carbocycles. The van der Waals surface area contributed by atoms with Crippen LogP contribution < -0.4 is 11.1 Å². The average molecular weight is 269 g/mol. The topological polar surface area (TPSA) is 41.3 Å². The number of hydrogen-bond donors (Lipinski definition) is 2. The number of nitrogens with two attached hydrogens (primary N) is 1. The van der Waals surface area contributed by atoms with Crippen LogP contribution >= 0.6 is 0 Å². The van der Waals surface area contributed by atoms with Gasteiger partial charge in [-0.3, -0.25) is 0 Å². The van der Waals surface area contributed by atoms with E-state index < -0.39 is 0 Å². The smallest absolute Gasteiger partial charge is 0.0361 e. The zero-order valence-corrected chi connectivity index (χ0v) is 12.3. The first kappa shape index (κ1) is 13.3. The number of anilines is 1. The average Bonchev–Trinajstić information content (AvgIpc) is 3.23. The molecule has 3 heteroatoms. The predicted molar refractivity (Wildman–Crippen MR) is 85.2 cm³/mol. The van der Waals surface area contributed by atoms with Crippen molar-refractivity contribution in [3.05, 3.63) is 47.7 Å². The van der Waals surface area contributed by atoms with Crippen LogP contribution in [0.15, 0.2) is 42.1 Å². The van der Waals surface area contributed by atoms with E-state index in [0.29, 0.717) is 5.54 Å². The third-order valence-corrected chi connectivity index (χ3v) is 4.57. The van der Waals surface area contributed by atoms with Crippen LogP contribution in [0.4, 0.5) is 5.69 Å². The van der Waals surface area contributed by atoms with Crippen molar-refractivity contribution in [3.8, 4) is 0 Å². The lowest BCUT2D eigenvalue weighted by molar-refractivity contribution is 0.317. The fraction of sp³-hybridized carbons (Fsp3) is 0.412. The molecule has 2 aliphatic rings. The Kier molecular flexibility index (Phi) is 3.30. The summed E-state index contributed by atoms with van der Waals surface area (Å²) >= 11 is 0. The Morgan fingerprint density at radius 1 is 1.25 bits per heavy atom. The number of nitrogen functional groups attached to an aromatic ring is 1. The van der Waals surface area contributed by atoms with Crippen molar-refractivity contribution < 1.29 is 0 Å². The maximum absolute atomic E-state index is 5.77. The van der Waals surface area contributed by atoms with Crippen molar-refractivity contribution in [1.82, 2.24) is 10.2 Å². The zero-order chi connectivity index (χ0) is 14.2. The molecule has 1 fully saturated rings. The molecule has 1 heterocycles. The van der Waals surface area contributed by atoms with Gasteiger partial charge in [-0.05, 0) is 44.5 Å². The van der Waals surface area contributed by atoms with Crippen LogP contribution in [0, 0.1) is 0 Å². The number of likely N-dealkylation sites (N-methyl/N-ethyl adjacent to an activating group) is 1. The summed E-state index contributed by atoms with van der Waals surface area (Å²) in [6, 6.07) is 8.15. The lowest BCUT2D eigenvalue weighted by Gasteiger charge is -2.32. The van der Waals surface area contributed by atoms with Crippen molar-refractivity contribution in [2.24, 2.45) is 0 Å². The van der Waals surface area contributed by atoms with Crippen molar-refractivity contribution in [3.63, 3.8) is 0 Å². The van der Waals surface area contributed by atoms with Crippen LogP contribution in [-0.2, 0) is 0 Å². The van der Waals surface area contributed by atoms with Gasteiger partial charge in [0.1, 0.15) is 0 Å². The second-order valence-corrected chi connectivity index (χ2v) is 5.93. The number of rotatable bonds is 4. The molecule has 1 saturated carbocycles. The molecule has 0 aromatic heterocycles. The van der Waals surface area contributed by atoms with E-state index in [9.17, 15) is 0 Å². The number of allylic oxidation sites excluding steroid dienone is 3. The highest BCUT2D eigenvalue weighted by Gasteiger charge is 2.42. The van der Waals surface area contributed by atoms with Crippen LogP contribution in [0.3, 0.4) is 0 Å². The molecule has 3 nitrogen and oxygen atoms in total. The minimum Gasteiger partial charge on any atom is -0.399 e. The molecule has 0 saturated heterocycles. The summed E-state index contributed by atoms with van der Waals surface area (Å²) in [5.74, 6) is 0. The van der Waals surface area contributed by atoms with Gasteiger partial charge in [0.25, 0.3) is 0 Å². The van der Waals surface area contributed by atoms with Crippen molar-refractivity contribution >= 4 is 11.3 Å². The maximum atomic E-state index is 5.77. The number of nitrogens with zero attached hydrogens (tertiary/aromatic N) is 1. The second-order valence-electron chi connectivity index (χ2n) is 5.93. The molecule has 20 heavy (non-hydrogen) atoms. The normalized spacial score (nSPS) is 20.4. The third kappa shape index (κ3) is 2.46. The first-order valence-corrected chi connectivity index (χ1v) is 7.31. The van der Waals surface area contributed by atoms with Gasteiger partial charge in [-0.2, -0.15) is 0 Å². The molecule has 106 valence electrons. The Morgan fingerprint density at radius 3 is 2.55 bits per heavy atom. The van der Waals surface area contributed by atoms with E-state index in [1.54, 1.807) is 0 Å². The fourth-order valence-electron chi connectivity index (χ4n) is 2.88. The molecule has 0 radical (unpaired) electrons. The van der Waals surface area contributed by atoms with E-state index in [1.807, 2.05) is 12.1 Å². The molecule has 0 unspecified atom stereocenters. The summed E-state index contributed by atoms with van der Waals surface area (Å²) in [4.78, 5) is 2.48. The van der Waals surface area contributed by atoms with Gasteiger partial charge in [0.2, 0.25) is 0 Å². The minimum absolute atomic E-state index is 0.346. The summed E-state index contributed by atoms with van der Waals surface area (Å²) in [5, 5.41) is 3.48. The fourth-order valence-corrected chi connectivity index (χ4v) is 2.88. The van der Waals surface area contributed by atoms with Gasteiger partial charge in [-0.25, -0.2) is 0 Å². The van der Waals surface area contributed by atoms with E-state index in [1.165, 1.54) is 29.7 Å². The van der Waals surface area contributed by atoms with Gasteiger partial charge in [-0.15, -0.1) is 0 Å². The second kappa shape index (κ2) is 4.98. The Bertz CT molecular complexity index is 550. The van der Waals surface area contributed by atoms with Crippen molar-refractivity contribution in [2.45, 2.75) is 25.3 Å². The molecule has 0 atom stereocenters. The van der Waals surface area contributed by atoms with Crippen molar-refractivity contribution in [2.75, 3.05) is 25.9 Å². The quantitative estimate of drug-likeness (QED) is 0.826. The predicted octanol–water partition coefficient (Wildman–Crippen LogP) is 2.62. The first-order valence-electron chi connectivity index (χ1n) is 7.31. The molecule has 0 spiro atoms. The summed E-state index contributed by atoms with van der Waals surface area (Å²) in [6.45, 7) is 4.33. The Balaban J connectivity index is 1.85. The standard InChI is InChI=1S/C17H23N3/c1-13-16(14-5-7-15(18)8-6-14)4-3-11-20(13)12-17(19-2)9-10-17/h3-8,19H,9-12,18H2,1-2H3. The maximum Gasteiger partial charge on any atom is 0.0361 e. The van der Waals surface area contributed by atoms with Crippen LogP contribution in [0.2, 0.25) is 0 Å². The van der Waals surface area contributed by atoms with Gasteiger partial charge in [0, 0.05) is 35.6 Å². The molecular weight excluding hydrogens is 246 g/mol. The largest absolute Gasteiger partial charge is 0.399 e. The number of benzene rings is 1. The van der Waals surface area contributed by atoms with Crippen LogP contribution in [0.5, 0.6) is 0 Å². The Hall–Kier alpha value is -1.74. The van der Waals surface area contributed by atoms with Gasteiger partial charge in [-0.1, -0.05) is 24.3 Å². The molecule has 0 bridgehead atoms. The van der Waals surface area contributed by atoms with E-state index in [2.05, 4.69) is 48.5 Å². The SMILES string of the molecule is CNC1(CN2CC=CC(c3ccc(N)cc3)=C2C)CC1. The lowest BCUT2D eigenvalue weighted by Crippen LogP contribution is -2.41. The minimum atomic E-state index is 0.346. The summed E-state index contributed by atoms with van der Waals surface area (Å²) in [5.41, 5.74) is 10.8. The van der Waals surface area contributed by atoms with Gasteiger partial charge in [0.15, 0.2) is 0 Å². The van der Waals surface area contributed by atoms with Gasteiger partial charge in [0.05, 0.1) is 0 Å². The molecule has 0 amide bonds. The number of hydrogen-bond acceptors (Lipinski definition) is 3.